The van der Waals surface area contributed by atoms with Crippen LogP contribution < -0.4 is 0 Å². The number of rotatable bonds is 5. The summed E-state index contributed by atoms with van der Waals surface area (Å²) in [4.78, 5) is 20.1. The Labute approximate surface area is 90.4 Å². The summed E-state index contributed by atoms with van der Waals surface area (Å²) < 4.78 is 17.9. The fourth-order valence-electron chi connectivity index (χ4n) is 0.388. The molecule has 0 heterocycles. The third-order valence-electron chi connectivity index (χ3n) is 1.12. The second kappa shape index (κ2) is 11.4. The van der Waals surface area contributed by atoms with Crippen molar-refractivity contribution >= 4 is 14.2 Å². The predicted octanol–water partition coefficient (Wildman–Crippen LogP) is 0.292. The topological polar surface area (TPSA) is 76.1 Å². The van der Waals surface area contributed by atoms with E-state index < -0.39 is 8.25 Å². The number of hydrogen-bond acceptors (Lipinski definition) is 5. The SMILES string of the molecule is C=CC(=O)OCCN(C)C.CO[PH](=O)O. The molecule has 1 N–H and O–H groups in total. The summed E-state index contributed by atoms with van der Waals surface area (Å²) in [5.74, 6) is -0.359. The van der Waals surface area contributed by atoms with Crippen LogP contribution in [0.5, 0.6) is 0 Å². The zero-order valence-electron chi connectivity index (χ0n) is 9.23. The smallest absolute Gasteiger partial charge is 0.330 e. The summed E-state index contributed by atoms with van der Waals surface area (Å²) in [5, 5.41) is 0. The molecule has 0 radical (unpaired) electrons. The van der Waals surface area contributed by atoms with Gasteiger partial charge >= 0.3 is 14.2 Å². The second-order valence-electron chi connectivity index (χ2n) is 2.64. The maximum Gasteiger partial charge on any atom is 0.330 e. The molecule has 0 amide bonds. The van der Waals surface area contributed by atoms with Crippen molar-refractivity contribution in [2.75, 3.05) is 34.4 Å². The lowest BCUT2D eigenvalue weighted by atomic mass is 10.6. The number of hydrogen-bond donors (Lipinski definition) is 1. The maximum atomic E-state index is 10.4. The summed E-state index contributed by atoms with van der Waals surface area (Å²) >= 11 is 0. The van der Waals surface area contributed by atoms with Crippen molar-refractivity contribution in [1.82, 2.24) is 4.90 Å². The highest BCUT2D eigenvalue weighted by Crippen LogP contribution is 2.09. The molecule has 0 aliphatic heterocycles. The predicted molar refractivity (Wildman–Crippen MR) is 57.9 cm³/mol. The van der Waals surface area contributed by atoms with Crippen LogP contribution in [0.4, 0.5) is 0 Å². The normalized spacial score (nSPS) is 11.3. The van der Waals surface area contributed by atoms with Crippen LogP contribution in [0.3, 0.4) is 0 Å². The fourth-order valence-corrected chi connectivity index (χ4v) is 0.388. The van der Waals surface area contributed by atoms with E-state index in [9.17, 15) is 9.36 Å². The van der Waals surface area contributed by atoms with Crippen LogP contribution in [-0.4, -0.2) is 50.1 Å². The number of carbonyl (C=O) groups excluding carboxylic acids is 1. The van der Waals surface area contributed by atoms with Crippen molar-refractivity contribution in [2.24, 2.45) is 0 Å². The highest BCUT2D eigenvalue weighted by Gasteiger charge is 1.94. The van der Waals surface area contributed by atoms with Crippen LogP contribution in [0.2, 0.25) is 0 Å². The lowest BCUT2D eigenvalue weighted by molar-refractivity contribution is -0.137. The zero-order valence-corrected chi connectivity index (χ0v) is 10.2. The number of esters is 1. The van der Waals surface area contributed by atoms with Crippen molar-refractivity contribution < 1.29 is 23.5 Å². The first-order valence-electron chi connectivity index (χ1n) is 4.14. The van der Waals surface area contributed by atoms with Crippen LogP contribution in [0.1, 0.15) is 0 Å². The standard InChI is InChI=1S/C7H13NO2.CH5O3P/c1-4-7(9)10-6-5-8(2)3;1-4-5(2)3/h4H,1,5-6H2,2-3H3;5H,1H3,(H,2,3). The van der Waals surface area contributed by atoms with Crippen molar-refractivity contribution in [3.05, 3.63) is 12.7 Å². The van der Waals surface area contributed by atoms with Crippen molar-refractivity contribution in [2.45, 2.75) is 0 Å². The minimum absolute atomic E-state index is 0.359. The van der Waals surface area contributed by atoms with Crippen molar-refractivity contribution in [3.63, 3.8) is 0 Å². The Bertz CT molecular complexity index is 207. The molecule has 0 aromatic rings. The molecule has 15 heavy (non-hydrogen) atoms. The summed E-state index contributed by atoms with van der Waals surface area (Å²) in [5.41, 5.74) is 0. The summed E-state index contributed by atoms with van der Waals surface area (Å²) in [7, 11) is 2.39. The summed E-state index contributed by atoms with van der Waals surface area (Å²) in [6.45, 7) is 4.45. The Balaban J connectivity index is 0. The average Bonchev–Trinajstić information content (AvgIpc) is 2.17. The number of nitrogens with zero attached hydrogens (tertiary/aromatic N) is 1. The summed E-state index contributed by atoms with van der Waals surface area (Å²) in [6.07, 6.45) is 1.16. The molecule has 0 aliphatic rings. The third-order valence-corrected chi connectivity index (χ3v) is 1.47. The van der Waals surface area contributed by atoms with E-state index in [0.29, 0.717) is 6.61 Å². The van der Waals surface area contributed by atoms with E-state index in [-0.39, 0.29) is 5.97 Å². The molecule has 7 heteroatoms. The zero-order chi connectivity index (χ0) is 12.3. The molecule has 0 aromatic carbocycles. The minimum Gasteiger partial charge on any atom is -0.461 e. The molecule has 6 nitrogen and oxygen atoms in total. The van der Waals surface area contributed by atoms with E-state index in [1.165, 1.54) is 7.11 Å². The van der Waals surface area contributed by atoms with Gasteiger partial charge in [0.15, 0.2) is 0 Å². The third kappa shape index (κ3) is 19.7. The van der Waals surface area contributed by atoms with Crippen LogP contribution in [0, 0.1) is 0 Å². The number of likely N-dealkylation sites (N-methyl/N-ethyl adjacent to an activating group) is 1. The van der Waals surface area contributed by atoms with Gasteiger partial charge in [-0.1, -0.05) is 6.58 Å². The van der Waals surface area contributed by atoms with Gasteiger partial charge in [0.1, 0.15) is 6.61 Å². The first kappa shape index (κ1) is 16.7. The largest absolute Gasteiger partial charge is 0.461 e. The quantitative estimate of drug-likeness (QED) is 0.422. The van der Waals surface area contributed by atoms with Gasteiger partial charge in [0.05, 0.1) is 0 Å². The Kier molecular flexibility index (Phi) is 12.7. The van der Waals surface area contributed by atoms with E-state index >= 15 is 0 Å². The van der Waals surface area contributed by atoms with Crippen LogP contribution in [-0.2, 0) is 18.6 Å². The minimum atomic E-state index is -2.62. The van der Waals surface area contributed by atoms with Crippen molar-refractivity contribution in [1.29, 1.82) is 0 Å². The molecule has 0 saturated carbocycles. The monoisotopic (exact) mass is 239 g/mol. The molecule has 1 unspecified atom stereocenters. The number of carbonyl (C=O) groups is 1. The van der Waals surface area contributed by atoms with E-state index in [2.05, 4.69) is 11.1 Å². The Morgan fingerprint density at radius 3 is 2.33 bits per heavy atom. The lowest BCUT2D eigenvalue weighted by Crippen LogP contribution is -2.19. The molecule has 0 spiro atoms. The average molecular weight is 239 g/mol. The van der Waals surface area contributed by atoms with Crippen LogP contribution >= 0.6 is 8.25 Å². The van der Waals surface area contributed by atoms with E-state index in [1.54, 1.807) is 0 Å². The first-order valence-corrected chi connectivity index (χ1v) is 5.41. The molecule has 0 fully saturated rings. The molecule has 0 aliphatic carbocycles. The van der Waals surface area contributed by atoms with Gasteiger partial charge in [0.2, 0.25) is 0 Å². The lowest BCUT2D eigenvalue weighted by Gasteiger charge is -2.07. The van der Waals surface area contributed by atoms with E-state index in [0.717, 1.165) is 12.6 Å². The molecular formula is C8H18NO5P. The van der Waals surface area contributed by atoms with Crippen LogP contribution in [0.25, 0.3) is 0 Å². The molecule has 1 atom stereocenters. The van der Waals surface area contributed by atoms with Gasteiger partial charge in [-0.15, -0.1) is 0 Å². The fraction of sp³-hybridized carbons (Fsp3) is 0.625. The van der Waals surface area contributed by atoms with Gasteiger partial charge in [-0.3, -0.25) is 4.57 Å². The van der Waals surface area contributed by atoms with Gasteiger partial charge in [-0.05, 0) is 14.1 Å². The highest BCUT2D eigenvalue weighted by atomic mass is 31.1. The van der Waals surface area contributed by atoms with Gasteiger partial charge < -0.3 is 19.1 Å². The van der Waals surface area contributed by atoms with Gasteiger partial charge in [-0.25, -0.2) is 4.79 Å². The molecular weight excluding hydrogens is 221 g/mol. The molecule has 0 bridgehead atoms. The number of ether oxygens (including phenoxy) is 1. The molecule has 0 saturated heterocycles. The Hall–Kier alpha value is -0.680. The van der Waals surface area contributed by atoms with Gasteiger partial charge in [0.25, 0.3) is 0 Å². The summed E-state index contributed by atoms with van der Waals surface area (Å²) in [6, 6.07) is 0. The molecule has 0 rings (SSSR count). The van der Waals surface area contributed by atoms with Gasteiger partial charge in [0, 0.05) is 19.7 Å². The van der Waals surface area contributed by atoms with E-state index in [4.69, 9.17) is 9.63 Å². The van der Waals surface area contributed by atoms with Crippen LogP contribution in [0.15, 0.2) is 12.7 Å². The first-order chi connectivity index (χ1) is 6.93. The highest BCUT2D eigenvalue weighted by molar-refractivity contribution is 7.32. The van der Waals surface area contributed by atoms with Crippen molar-refractivity contribution in [3.8, 4) is 0 Å². The Morgan fingerprint density at radius 1 is 1.60 bits per heavy atom. The van der Waals surface area contributed by atoms with Gasteiger partial charge in [-0.2, -0.15) is 0 Å². The molecule has 90 valence electrons. The molecule has 0 aromatic heterocycles. The Morgan fingerprint density at radius 2 is 2.07 bits per heavy atom. The van der Waals surface area contributed by atoms with E-state index in [1.807, 2.05) is 19.0 Å². The maximum absolute atomic E-state index is 10.4. The second-order valence-corrected chi connectivity index (χ2v) is 3.58.